The molecule has 150 valence electrons. The summed E-state index contributed by atoms with van der Waals surface area (Å²) >= 11 is 5.63. The second-order valence-electron chi connectivity index (χ2n) is 6.79. The molecule has 3 rings (SSSR count). The van der Waals surface area contributed by atoms with Gasteiger partial charge >= 0.3 is 0 Å². The fraction of sp³-hybridized carbons (Fsp3) is 0.421. The zero-order valence-electron chi connectivity index (χ0n) is 15.7. The van der Waals surface area contributed by atoms with Gasteiger partial charge in [0.1, 0.15) is 23.1 Å². The summed E-state index contributed by atoms with van der Waals surface area (Å²) in [5.74, 6) is 0.677. The van der Waals surface area contributed by atoms with Crippen LogP contribution in [-0.4, -0.2) is 62.8 Å². The Morgan fingerprint density at radius 3 is 2.75 bits per heavy atom. The van der Waals surface area contributed by atoms with E-state index in [1.54, 1.807) is 30.0 Å². The third kappa shape index (κ3) is 5.02. The van der Waals surface area contributed by atoms with Gasteiger partial charge in [-0.25, -0.2) is 4.98 Å². The topological polar surface area (TPSA) is 102 Å². The van der Waals surface area contributed by atoms with Gasteiger partial charge in [-0.3, -0.25) is 14.5 Å². The van der Waals surface area contributed by atoms with Gasteiger partial charge in [0.2, 0.25) is 5.91 Å². The molecule has 28 heavy (non-hydrogen) atoms. The molecule has 2 aromatic rings. The molecular formula is C19H24ClN5O3. The maximum absolute atomic E-state index is 12.5. The lowest BCUT2D eigenvalue weighted by Gasteiger charge is -2.34. The van der Waals surface area contributed by atoms with Crippen molar-refractivity contribution in [3.05, 3.63) is 51.7 Å². The highest BCUT2D eigenvalue weighted by molar-refractivity contribution is 6.27. The Hall–Kier alpha value is -2.58. The van der Waals surface area contributed by atoms with E-state index in [2.05, 4.69) is 20.2 Å². The first-order valence-corrected chi connectivity index (χ1v) is 9.67. The number of hydrogen-bond donors (Lipinski definition) is 3. The van der Waals surface area contributed by atoms with Crippen LogP contribution in [0.2, 0.25) is 0 Å². The Labute approximate surface area is 168 Å². The summed E-state index contributed by atoms with van der Waals surface area (Å²) in [6, 6.07) is 6.88. The number of H-pyrrole nitrogens is 1. The van der Waals surface area contributed by atoms with Crippen molar-refractivity contribution in [1.82, 2.24) is 19.8 Å². The minimum atomic E-state index is -0.224. The number of alkyl halides is 1. The number of carbonyl (C=O) groups excluding carboxylic acids is 1. The molecule has 8 nitrogen and oxygen atoms in total. The van der Waals surface area contributed by atoms with Crippen LogP contribution in [0.3, 0.4) is 0 Å². The lowest BCUT2D eigenvalue weighted by molar-refractivity contribution is -0.130. The molecule has 1 aromatic carbocycles. The normalized spacial score (nSPS) is 14.9. The highest BCUT2D eigenvalue weighted by Crippen LogP contribution is 2.16. The van der Waals surface area contributed by atoms with E-state index in [1.165, 1.54) is 0 Å². The number of nitrogens with one attached hydrogen (secondary N) is 2. The first-order chi connectivity index (χ1) is 13.5. The van der Waals surface area contributed by atoms with Gasteiger partial charge < -0.3 is 20.3 Å². The Kier molecular flexibility index (Phi) is 6.53. The second kappa shape index (κ2) is 9.07. The molecule has 3 N–H and O–H groups in total. The molecule has 1 amide bonds. The molecule has 1 fully saturated rings. The van der Waals surface area contributed by atoms with Gasteiger partial charge in [-0.15, -0.1) is 11.6 Å². The first kappa shape index (κ1) is 20.2. The summed E-state index contributed by atoms with van der Waals surface area (Å²) in [5, 5.41) is 12.8. The average Bonchev–Trinajstić information content (AvgIpc) is 2.67. The summed E-state index contributed by atoms with van der Waals surface area (Å²) in [5.41, 5.74) is 1.73. The number of nitrogens with zero attached hydrogens (tertiary/aromatic N) is 3. The van der Waals surface area contributed by atoms with E-state index < -0.39 is 0 Å². The Morgan fingerprint density at radius 2 is 2.07 bits per heavy atom. The van der Waals surface area contributed by atoms with Gasteiger partial charge in [-0.1, -0.05) is 12.1 Å². The molecule has 0 saturated carbocycles. The monoisotopic (exact) mass is 405 g/mol. The number of phenolic OH excluding ortho intramolecular Hbond substituents is 1. The van der Waals surface area contributed by atoms with Gasteiger partial charge in [0.05, 0.1) is 5.69 Å². The lowest BCUT2D eigenvalue weighted by atomic mass is 10.2. The molecular weight excluding hydrogens is 382 g/mol. The molecule has 0 unspecified atom stereocenters. The Balaban J connectivity index is 1.70. The molecule has 0 atom stereocenters. The zero-order valence-corrected chi connectivity index (χ0v) is 16.5. The first-order valence-electron chi connectivity index (χ1n) is 9.14. The van der Waals surface area contributed by atoms with Crippen LogP contribution in [0.25, 0.3) is 0 Å². The molecule has 0 radical (unpaired) electrons. The summed E-state index contributed by atoms with van der Waals surface area (Å²) in [7, 11) is 0. The van der Waals surface area contributed by atoms with E-state index in [4.69, 9.17) is 11.6 Å². The number of rotatable bonds is 6. The summed E-state index contributed by atoms with van der Waals surface area (Å²) in [6.07, 6.45) is 0. The van der Waals surface area contributed by atoms with Crippen molar-refractivity contribution in [2.75, 3.05) is 37.4 Å². The Bertz CT molecular complexity index is 893. The third-order valence-electron chi connectivity index (χ3n) is 4.71. The van der Waals surface area contributed by atoms with E-state index in [-0.39, 0.29) is 23.1 Å². The van der Waals surface area contributed by atoms with Crippen molar-refractivity contribution in [3.8, 4) is 5.75 Å². The Morgan fingerprint density at radius 1 is 1.32 bits per heavy atom. The van der Waals surface area contributed by atoms with Crippen LogP contribution in [0.1, 0.15) is 17.1 Å². The van der Waals surface area contributed by atoms with Crippen molar-refractivity contribution in [1.29, 1.82) is 0 Å². The molecule has 0 spiro atoms. The van der Waals surface area contributed by atoms with Crippen molar-refractivity contribution < 1.29 is 9.90 Å². The number of benzene rings is 1. The standard InChI is InChI=1S/C19H24ClN5O3/c1-13-22-16(12-24-5-7-25(8-6-24)17(27)10-20)18(19(28)23-13)21-11-14-3-2-4-15(26)9-14/h2-4,9,21,26H,5-8,10-12H2,1H3,(H,22,23,28). The lowest BCUT2D eigenvalue weighted by Crippen LogP contribution is -2.48. The van der Waals surface area contributed by atoms with Crippen molar-refractivity contribution in [3.63, 3.8) is 0 Å². The molecule has 0 bridgehead atoms. The fourth-order valence-corrected chi connectivity index (χ4v) is 3.42. The number of hydrogen-bond acceptors (Lipinski definition) is 6. The van der Waals surface area contributed by atoms with Gasteiger partial charge in [-0.2, -0.15) is 0 Å². The van der Waals surface area contributed by atoms with E-state index in [9.17, 15) is 14.7 Å². The second-order valence-corrected chi connectivity index (χ2v) is 7.05. The summed E-state index contributed by atoms with van der Waals surface area (Å²) in [6.45, 7) is 5.27. The number of anilines is 1. The van der Waals surface area contributed by atoms with Crippen LogP contribution in [0.5, 0.6) is 5.75 Å². The van der Waals surface area contributed by atoms with Gasteiger partial charge in [-0.05, 0) is 24.6 Å². The number of aromatic amines is 1. The van der Waals surface area contributed by atoms with Gasteiger partial charge in [0.25, 0.3) is 5.56 Å². The number of aromatic hydroxyl groups is 1. The number of aromatic nitrogens is 2. The summed E-state index contributed by atoms with van der Waals surface area (Å²) < 4.78 is 0. The molecule has 1 aliphatic heterocycles. The van der Waals surface area contributed by atoms with Crippen LogP contribution in [0.4, 0.5) is 5.69 Å². The van der Waals surface area contributed by atoms with Crippen LogP contribution < -0.4 is 10.9 Å². The van der Waals surface area contributed by atoms with Crippen LogP contribution in [-0.2, 0) is 17.9 Å². The van der Waals surface area contributed by atoms with E-state index in [1.807, 2.05) is 6.07 Å². The number of halogens is 1. The van der Waals surface area contributed by atoms with Crippen molar-refractivity contribution in [2.24, 2.45) is 0 Å². The van der Waals surface area contributed by atoms with Crippen molar-refractivity contribution in [2.45, 2.75) is 20.0 Å². The number of amides is 1. The van der Waals surface area contributed by atoms with Crippen LogP contribution in [0.15, 0.2) is 29.1 Å². The predicted molar refractivity (Wildman–Crippen MR) is 108 cm³/mol. The van der Waals surface area contributed by atoms with Crippen LogP contribution >= 0.6 is 11.6 Å². The highest BCUT2D eigenvalue weighted by atomic mass is 35.5. The van der Waals surface area contributed by atoms with E-state index in [0.717, 1.165) is 5.56 Å². The van der Waals surface area contributed by atoms with E-state index in [0.29, 0.717) is 56.5 Å². The fourth-order valence-electron chi connectivity index (χ4n) is 3.25. The minimum absolute atomic E-state index is 0.00206. The zero-order chi connectivity index (χ0) is 20.1. The number of carbonyl (C=O) groups is 1. The number of phenols is 1. The van der Waals surface area contributed by atoms with Gasteiger partial charge in [0, 0.05) is 39.3 Å². The largest absolute Gasteiger partial charge is 0.508 e. The van der Waals surface area contributed by atoms with Crippen molar-refractivity contribution >= 4 is 23.2 Å². The quantitative estimate of drug-likeness (QED) is 0.626. The van der Waals surface area contributed by atoms with Crippen LogP contribution in [0, 0.1) is 6.92 Å². The SMILES string of the molecule is Cc1nc(CN2CCN(C(=O)CCl)CC2)c(NCc2cccc(O)c2)c(=O)[nH]1. The predicted octanol–water partition coefficient (Wildman–Crippen LogP) is 1.28. The summed E-state index contributed by atoms with van der Waals surface area (Å²) in [4.78, 5) is 35.3. The molecule has 1 aliphatic rings. The average molecular weight is 406 g/mol. The van der Waals surface area contributed by atoms with E-state index >= 15 is 0 Å². The molecule has 2 heterocycles. The molecule has 0 aliphatic carbocycles. The molecule has 1 aromatic heterocycles. The number of piperazine rings is 1. The molecule has 1 saturated heterocycles. The smallest absolute Gasteiger partial charge is 0.274 e. The molecule has 9 heteroatoms. The third-order valence-corrected chi connectivity index (χ3v) is 4.93. The highest BCUT2D eigenvalue weighted by Gasteiger charge is 2.22. The maximum Gasteiger partial charge on any atom is 0.274 e. The van der Waals surface area contributed by atoms with Gasteiger partial charge in [0.15, 0.2) is 0 Å². The minimum Gasteiger partial charge on any atom is -0.508 e. The maximum atomic E-state index is 12.5. The number of aryl methyl sites for hydroxylation is 1.